The lowest BCUT2D eigenvalue weighted by molar-refractivity contribution is -0.154. The third-order valence-electron chi connectivity index (χ3n) is 4.37. The number of aromatic hydroxyl groups is 1. The van der Waals surface area contributed by atoms with Gasteiger partial charge in [-0.05, 0) is 26.0 Å². The molecular weight excluding hydrogens is 443 g/mol. The number of aromatic nitrogens is 1. The van der Waals surface area contributed by atoms with Crippen molar-refractivity contribution in [1.29, 1.82) is 0 Å². The second kappa shape index (κ2) is 11.3. The molecule has 0 aliphatic rings. The van der Waals surface area contributed by atoms with E-state index in [1.54, 1.807) is 13.0 Å². The van der Waals surface area contributed by atoms with Crippen LogP contribution in [0.4, 0.5) is 4.39 Å². The molecule has 1 aromatic heterocycles. The highest BCUT2D eigenvalue weighted by Crippen LogP contribution is 2.27. The summed E-state index contributed by atoms with van der Waals surface area (Å²) < 4.78 is 29.7. The van der Waals surface area contributed by atoms with Crippen molar-refractivity contribution in [3.8, 4) is 17.2 Å². The van der Waals surface area contributed by atoms with Crippen LogP contribution in [0.1, 0.15) is 30.8 Å². The molecule has 32 heavy (non-hydrogen) atoms. The Morgan fingerprint density at radius 1 is 1.34 bits per heavy atom. The smallest absolute Gasteiger partial charge is 0.328 e. The van der Waals surface area contributed by atoms with Gasteiger partial charge >= 0.3 is 5.97 Å². The molecule has 10 heteroatoms. The Morgan fingerprint density at radius 3 is 2.69 bits per heavy atom. The number of carbonyl (C=O) groups excluding carboxylic acids is 2. The van der Waals surface area contributed by atoms with Crippen LogP contribution in [0.25, 0.3) is 0 Å². The number of hydrogen-bond acceptors (Lipinski definition) is 7. The minimum absolute atomic E-state index is 0.0656. The van der Waals surface area contributed by atoms with Gasteiger partial charge in [0.1, 0.15) is 29.8 Å². The maximum atomic E-state index is 13.6. The average Bonchev–Trinajstić information content (AvgIpc) is 2.72. The van der Waals surface area contributed by atoms with Gasteiger partial charge in [0, 0.05) is 29.8 Å². The number of pyridine rings is 1. The molecule has 0 unspecified atom stereocenters. The van der Waals surface area contributed by atoms with Crippen LogP contribution in [0.2, 0.25) is 5.02 Å². The zero-order valence-corrected chi connectivity index (χ0v) is 18.6. The number of benzene rings is 1. The summed E-state index contributed by atoms with van der Waals surface area (Å²) in [6.45, 7) is 6.66. The van der Waals surface area contributed by atoms with Crippen molar-refractivity contribution in [2.45, 2.75) is 38.5 Å². The van der Waals surface area contributed by atoms with Crippen molar-refractivity contribution in [2.75, 3.05) is 7.11 Å². The molecule has 3 atom stereocenters. The monoisotopic (exact) mass is 466 g/mol. The molecule has 0 saturated carbocycles. The molecule has 0 spiro atoms. The van der Waals surface area contributed by atoms with Crippen LogP contribution in [0.15, 0.2) is 43.1 Å². The molecule has 1 aromatic carbocycles. The second-order valence-corrected chi connectivity index (χ2v) is 7.27. The number of carbonyl (C=O) groups is 2. The molecule has 172 valence electrons. The number of halogens is 2. The van der Waals surface area contributed by atoms with Crippen molar-refractivity contribution in [2.24, 2.45) is 0 Å². The van der Waals surface area contributed by atoms with E-state index in [9.17, 15) is 19.1 Å². The number of esters is 1. The molecule has 0 fully saturated rings. The number of nitrogens with zero attached hydrogens (tertiary/aromatic N) is 1. The number of amides is 1. The van der Waals surface area contributed by atoms with Gasteiger partial charge < -0.3 is 24.6 Å². The first-order chi connectivity index (χ1) is 15.2. The van der Waals surface area contributed by atoms with Gasteiger partial charge in [-0.3, -0.25) is 4.79 Å². The average molecular weight is 467 g/mol. The topological polar surface area (TPSA) is 107 Å². The first-order valence-electron chi connectivity index (χ1n) is 9.63. The van der Waals surface area contributed by atoms with Crippen molar-refractivity contribution in [3.05, 3.63) is 59.7 Å². The van der Waals surface area contributed by atoms with Gasteiger partial charge in [0.25, 0.3) is 5.91 Å². The number of nitrogens with one attached hydrogen (secondary N) is 1. The van der Waals surface area contributed by atoms with E-state index >= 15 is 0 Å². The van der Waals surface area contributed by atoms with E-state index in [0.717, 1.165) is 12.1 Å². The minimum atomic E-state index is -1.06. The van der Waals surface area contributed by atoms with Crippen LogP contribution in [0.3, 0.4) is 0 Å². The summed E-state index contributed by atoms with van der Waals surface area (Å²) in [5, 5.41) is 12.6. The molecule has 0 bridgehead atoms. The highest BCUT2D eigenvalue weighted by Gasteiger charge is 2.27. The van der Waals surface area contributed by atoms with E-state index in [1.807, 2.05) is 0 Å². The van der Waals surface area contributed by atoms with Gasteiger partial charge in [-0.1, -0.05) is 17.7 Å². The van der Waals surface area contributed by atoms with Gasteiger partial charge in [-0.25, -0.2) is 14.2 Å². The fourth-order valence-electron chi connectivity index (χ4n) is 2.72. The Labute approximate surface area is 190 Å². The minimum Gasteiger partial charge on any atom is -0.503 e. The maximum absolute atomic E-state index is 13.6. The van der Waals surface area contributed by atoms with Gasteiger partial charge in [-0.15, -0.1) is 6.58 Å². The first-order valence-corrected chi connectivity index (χ1v) is 10.0. The van der Waals surface area contributed by atoms with Crippen molar-refractivity contribution in [3.63, 3.8) is 0 Å². The fourth-order valence-corrected chi connectivity index (χ4v) is 2.94. The van der Waals surface area contributed by atoms with Crippen LogP contribution in [-0.4, -0.2) is 47.3 Å². The van der Waals surface area contributed by atoms with Crippen LogP contribution >= 0.6 is 11.6 Å². The molecule has 2 rings (SSSR count). The Hall–Kier alpha value is -3.33. The van der Waals surface area contributed by atoms with Gasteiger partial charge in [0.15, 0.2) is 17.2 Å². The molecule has 0 radical (unpaired) electrons. The van der Waals surface area contributed by atoms with Gasteiger partial charge in [0.05, 0.1) is 7.11 Å². The van der Waals surface area contributed by atoms with Crippen LogP contribution in [0.5, 0.6) is 17.2 Å². The van der Waals surface area contributed by atoms with E-state index in [-0.39, 0.29) is 22.2 Å². The lowest BCUT2D eigenvalue weighted by Gasteiger charge is -2.25. The Bertz CT molecular complexity index is 967. The molecule has 0 aliphatic heterocycles. The zero-order valence-electron chi connectivity index (χ0n) is 17.8. The van der Waals surface area contributed by atoms with E-state index < -0.39 is 41.7 Å². The predicted octanol–water partition coefficient (Wildman–Crippen LogP) is 3.66. The summed E-state index contributed by atoms with van der Waals surface area (Å²) in [5.41, 5.74) is -0.298. The molecule has 0 saturated heterocycles. The fraction of sp³-hybridized carbons (Fsp3) is 0.318. The highest BCUT2D eigenvalue weighted by molar-refractivity contribution is 6.30. The molecule has 2 aromatic rings. The Kier molecular flexibility index (Phi) is 8.83. The van der Waals surface area contributed by atoms with E-state index in [0.29, 0.717) is 6.42 Å². The summed E-state index contributed by atoms with van der Waals surface area (Å²) >= 11 is 5.85. The van der Waals surface area contributed by atoms with Gasteiger partial charge in [0.2, 0.25) is 0 Å². The highest BCUT2D eigenvalue weighted by atomic mass is 35.5. The summed E-state index contributed by atoms with van der Waals surface area (Å²) in [6, 6.07) is 4.06. The SMILES string of the molecule is C=CC[C@@H](Oc1cc(F)cc(Cl)c1)[C@H](C)OC(=O)[C@H](C)NC(=O)c1nccc(OC)c1O. The maximum Gasteiger partial charge on any atom is 0.328 e. The number of hydrogen-bond donors (Lipinski definition) is 2. The molecule has 0 aliphatic carbocycles. The third kappa shape index (κ3) is 6.58. The largest absolute Gasteiger partial charge is 0.503 e. The van der Waals surface area contributed by atoms with Crippen LogP contribution in [-0.2, 0) is 9.53 Å². The summed E-state index contributed by atoms with van der Waals surface area (Å²) in [5.74, 6) is -2.31. The summed E-state index contributed by atoms with van der Waals surface area (Å²) in [7, 11) is 1.33. The lowest BCUT2D eigenvalue weighted by Crippen LogP contribution is -2.43. The van der Waals surface area contributed by atoms with Crippen LogP contribution in [0, 0.1) is 5.82 Å². The predicted molar refractivity (Wildman–Crippen MR) is 116 cm³/mol. The lowest BCUT2D eigenvalue weighted by atomic mass is 10.1. The standard InChI is InChI=1S/C22H24ClFN2O6/c1-5-6-17(32-16-10-14(23)9-15(24)11-16)13(3)31-22(29)12(2)26-21(28)19-20(27)18(30-4)7-8-25-19/h5,7-13,17,27H,1,6H2,2-4H3,(H,26,28)/t12-,13-,17+/m0/s1. The summed E-state index contributed by atoms with van der Waals surface area (Å²) in [6.07, 6.45) is 1.70. The molecule has 8 nitrogen and oxygen atoms in total. The molecule has 1 amide bonds. The third-order valence-corrected chi connectivity index (χ3v) is 4.59. The van der Waals surface area contributed by atoms with E-state index in [1.165, 1.54) is 32.4 Å². The number of rotatable bonds is 10. The second-order valence-electron chi connectivity index (χ2n) is 6.83. The van der Waals surface area contributed by atoms with E-state index in [4.69, 9.17) is 25.8 Å². The molecule has 2 N–H and O–H groups in total. The normalized spacial score (nSPS) is 13.4. The van der Waals surface area contributed by atoms with Gasteiger partial charge in [-0.2, -0.15) is 0 Å². The number of methoxy groups -OCH3 is 1. The van der Waals surface area contributed by atoms with Crippen molar-refractivity contribution in [1.82, 2.24) is 10.3 Å². The first kappa shape index (κ1) is 24.9. The Balaban J connectivity index is 2.03. The molecular formula is C22H24ClFN2O6. The number of ether oxygens (including phenoxy) is 3. The Morgan fingerprint density at radius 2 is 2.06 bits per heavy atom. The quantitative estimate of drug-likeness (QED) is 0.406. The molecule has 1 heterocycles. The zero-order chi connectivity index (χ0) is 23.8. The van der Waals surface area contributed by atoms with Crippen LogP contribution < -0.4 is 14.8 Å². The van der Waals surface area contributed by atoms with Crippen molar-refractivity contribution >= 4 is 23.5 Å². The van der Waals surface area contributed by atoms with Crippen molar-refractivity contribution < 1.29 is 33.3 Å². The summed E-state index contributed by atoms with van der Waals surface area (Å²) in [4.78, 5) is 28.7. The van der Waals surface area contributed by atoms with E-state index in [2.05, 4.69) is 16.9 Å².